The predicted octanol–water partition coefficient (Wildman–Crippen LogP) is 3.50. The molecule has 0 aromatic heterocycles. The molecule has 0 N–H and O–H groups in total. The first kappa shape index (κ1) is 12.0. The Bertz CT molecular complexity index is 139. The fourth-order valence-corrected chi connectivity index (χ4v) is 2.00. The van der Waals surface area contributed by atoms with E-state index in [4.69, 9.17) is 9.47 Å². The summed E-state index contributed by atoms with van der Waals surface area (Å²) in [5, 5.41) is 0. The van der Waals surface area contributed by atoms with Crippen molar-refractivity contribution in [3.8, 4) is 0 Å². The molecule has 1 aliphatic rings. The van der Waals surface area contributed by atoms with E-state index in [1.54, 1.807) is 0 Å². The second-order valence-corrected chi connectivity index (χ2v) is 4.17. The first-order valence-electron chi connectivity index (χ1n) is 6.11. The molecule has 0 aliphatic carbocycles. The van der Waals surface area contributed by atoms with Gasteiger partial charge in [0, 0.05) is 12.8 Å². The first-order valence-corrected chi connectivity index (χ1v) is 6.11. The highest BCUT2D eigenvalue weighted by Crippen LogP contribution is 2.31. The molecule has 0 amide bonds. The van der Waals surface area contributed by atoms with Crippen molar-refractivity contribution < 1.29 is 9.47 Å². The summed E-state index contributed by atoms with van der Waals surface area (Å²) < 4.78 is 11.5. The zero-order chi connectivity index (χ0) is 10.3. The average molecular weight is 200 g/mol. The van der Waals surface area contributed by atoms with Crippen molar-refractivity contribution in [2.24, 2.45) is 0 Å². The molecule has 1 saturated heterocycles. The van der Waals surface area contributed by atoms with E-state index < -0.39 is 0 Å². The molecule has 14 heavy (non-hydrogen) atoms. The van der Waals surface area contributed by atoms with E-state index in [0.717, 1.165) is 26.1 Å². The van der Waals surface area contributed by atoms with Gasteiger partial charge in [0.05, 0.1) is 13.2 Å². The lowest BCUT2D eigenvalue weighted by molar-refractivity contribution is -0.168. The molecule has 0 bridgehead atoms. The van der Waals surface area contributed by atoms with E-state index in [9.17, 15) is 0 Å². The van der Waals surface area contributed by atoms with E-state index in [1.165, 1.54) is 32.1 Å². The van der Waals surface area contributed by atoms with Crippen LogP contribution in [0.5, 0.6) is 0 Å². The summed E-state index contributed by atoms with van der Waals surface area (Å²) in [5.41, 5.74) is 0. The summed E-state index contributed by atoms with van der Waals surface area (Å²) in [5.74, 6) is -0.203. The second kappa shape index (κ2) is 6.41. The Morgan fingerprint density at radius 1 is 0.857 bits per heavy atom. The fraction of sp³-hybridized carbons (Fsp3) is 1.00. The normalized spacial score (nSPS) is 20.1. The number of unbranched alkanes of at least 4 members (excludes halogenated alkanes) is 3. The summed E-state index contributed by atoms with van der Waals surface area (Å²) in [7, 11) is 0. The monoisotopic (exact) mass is 200 g/mol. The third kappa shape index (κ3) is 3.58. The molecule has 1 rings (SSSR count). The lowest BCUT2D eigenvalue weighted by atomic mass is 10.0. The Balaban J connectivity index is 2.28. The molecule has 0 aromatic rings. The predicted molar refractivity (Wildman–Crippen MR) is 58.3 cm³/mol. The molecule has 0 spiro atoms. The van der Waals surface area contributed by atoms with Crippen LogP contribution in [0.3, 0.4) is 0 Å². The highest BCUT2D eigenvalue weighted by atomic mass is 16.7. The van der Waals surface area contributed by atoms with Gasteiger partial charge < -0.3 is 9.47 Å². The lowest BCUT2D eigenvalue weighted by Crippen LogP contribution is -2.29. The van der Waals surface area contributed by atoms with Gasteiger partial charge >= 0.3 is 0 Å². The van der Waals surface area contributed by atoms with Crippen molar-refractivity contribution >= 4 is 0 Å². The standard InChI is InChI=1S/C12H24O2/c1-3-5-7-9-12(8-6-4-2)13-10-11-14-12/h3-11H2,1-2H3. The van der Waals surface area contributed by atoms with Crippen LogP contribution in [-0.2, 0) is 9.47 Å². The maximum Gasteiger partial charge on any atom is 0.168 e. The van der Waals surface area contributed by atoms with E-state index in [-0.39, 0.29) is 5.79 Å². The molecule has 84 valence electrons. The van der Waals surface area contributed by atoms with Crippen LogP contribution in [0.1, 0.15) is 58.8 Å². The molecule has 1 fully saturated rings. The van der Waals surface area contributed by atoms with Crippen LogP contribution in [0.2, 0.25) is 0 Å². The second-order valence-electron chi connectivity index (χ2n) is 4.17. The van der Waals surface area contributed by atoms with Gasteiger partial charge in [0.1, 0.15) is 0 Å². The van der Waals surface area contributed by atoms with Crippen molar-refractivity contribution in [3.05, 3.63) is 0 Å². The van der Waals surface area contributed by atoms with Crippen LogP contribution in [-0.4, -0.2) is 19.0 Å². The number of hydrogen-bond acceptors (Lipinski definition) is 2. The van der Waals surface area contributed by atoms with Gasteiger partial charge in [-0.15, -0.1) is 0 Å². The van der Waals surface area contributed by atoms with Gasteiger partial charge in [-0.05, 0) is 12.8 Å². The Hall–Kier alpha value is -0.0800. The summed E-state index contributed by atoms with van der Waals surface area (Å²) >= 11 is 0. The van der Waals surface area contributed by atoms with Crippen LogP contribution in [0.4, 0.5) is 0 Å². The Morgan fingerprint density at radius 3 is 2.00 bits per heavy atom. The lowest BCUT2D eigenvalue weighted by Gasteiger charge is -2.27. The number of ether oxygens (including phenoxy) is 2. The Morgan fingerprint density at radius 2 is 1.43 bits per heavy atom. The molecule has 0 atom stereocenters. The van der Waals surface area contributed by atoms with Crippen molar-refractivity contribution in [2.75, 3.05) is 13.2 Å². The maximum absolute atomic E-state index is 5.77. The zero-order valence-electron chi connectivity index (χ0n) is 9.68. The first-order chi connectivity index (χ1) is 6.83. The van der Waals surface area contributed by atoms with Gasteiger partial charge in [0.2, 0.25) is 0 Å². The largest absolute Gasteiger partial charge is 0.348 e. The molecule has 2 nitrogen and oxygen atoms in total. The van der Waals surface area contributed by atoms with Crippen LogP contribution in [0.25, 0.3) is 0 Å². The third-order valence-electron chi connectivity index (χ3n) is 2.89. The van der Waals surface area contributed by atoms with Crippen molar-refractivity contribution in [1.82, 2.24) is 0 Å². The molecule has 0 aromatic carbocycles. The van der Waals surface area contributed by atoms with Crippen LogP contribution >= 0.6 is 0 Å². The minimum Gasteiger partial charge on any atom is -0.348 e. The van der Waals surface area contributed by atoms with Crippen molar-refractivity contribution in [2.45, 2.75) is 64.6 Å². The molecule has 1 aliphatic heterocycles. The summed E-state index contributed by atoms with van der Waals surface area (Å²) in [6, 6.07) is 0. The summed E-state index contributed by atoms with van der Waals surface area (Å²) in [6.07, 6.45) is 8.40. The van der Waals surface area contributed by atoms with Gasteiger partial charge in [-0.2, -0.15) is 0 Å². The quantitative estimate of drug-likeness (QED) is 0.586. The fourth-order valence-electron chi connectivity index (χ4n) is 2.00. The van der Waals surface area contributed by atoms with Gasteiger partial charge in [-0.1, -0.05) is 33.1 Å². The third-order valence-corrected chi connectivity index (χ3v) is 2.89. The van der Waals surface area contributed by atoms with Crippen molar-refractivity contribution in [3.63, 3.8) is 0 Å². The molecule has 0 radical (unpaired) electrons. The molecule has 0 unspecified atom stereocenters. The average Bonchev–Trinajstić information content (AvgIpc) is 2.65. The van der Waals surface area contributed by atoms with Crippen LogP contribution in [0, 0.1) is 0 Å². The van der Waals surface area contributed by atoms with Gasteiger partial charge in [0.15, 0.2) is 5.79 Å². The molecule has 1 heterocycles. The molecule has 0 saturated carbocycles. The zero-order valence-corrected chi connectivity index (χ0v) is 9.68. The van der Waals surface area contributed by atoms with Gasteiger partial charge in [-0.25, -0.2) is 0 Å². The smallest absolute Gasteiger partial charge is 0.168 e. The molecule has 2 heteroatoms. The summed E-state index contributed by atoms with van der Waals surface area (Å²) in [6.45, 7) is 6.02. The van der Waals surface area contributed by atoms with E-state index in [0.29, 0.717) is 0 Å². The minimum atomic E-state index is -0.203. The van der Waals surface area contributed by atoms with Crippen LogP contribution < -0.4 is 0 Å². The number of hydrogen-bond donors (Lipinski definition) is 0. The molecular weight excluding hydrogens is 176 g/mol. The topological polar surface area (TPSA) is 18.5 Å². The SMILES string of the molecule is CCCCCC1(CCCC)OCCO1. The Kier molecular flexibility index (Phi) is 5.49. The highest BCUT2D eigenvalue weighted by molar-refractivity contribution is 4.74. The maximum atomic E-state index is 5.77. The summed E-state index contributed by atoms with van der Waals surface area (Å²) in [4.78, 5) is 0. The van der Waals surface area contributed by atoms with E-state index >= 15 is 0 Å². The van der Waals surface area contributed by atoms with Crippen molar-refractivity contribution in [1.29, 1.82) is 0 Å². The van der Waals surface area contributed by atoms with E-state index in [1.807, 2.05) is 0 Å². The highest BCUT2D eigenvalue weighted by Gasteiger charge is 2.34. The van der Waals surface area contributed by atoms with Gasteiger partial charge in [0.25, 0.3) is 0 Å². The number of rotatable bonds is 7. The van der Waals surface area contributed by atoms with Crippen LogP contribution in [0.15, 0.2) is 0 Å². The minimum absolute atomic E-state index is 0.203. The van der Waals surface area contributed by atoms with E-state index in [2.05, 4.69) is 13.8 Å². The molecular formula is C12H24O2. The van der Waals surface area contributed by atoms with Gasteiger partial charge in [-0.3, -0.25) is 0 Å². The Labute approximate surface area is 88.0 Å².